The molecule has 0 fully saturated rings. The Morgan fingerprint density at radius 1 is 1.08 bits per heavy atom. The Labute approximate surface area is 156 Å². The van der Waals surface area contributed by atoms with Gasteiger partial charge in [-0.05, 0) is 36.4 Å². The molecule has 2 aromatic heterocycles. The Kier molecular flexibility index (Phi) is 5.08. The number of amides is 1. The normalized spacial score (nSPS) is 11.5. The number of nitrogens with zero attached hydrogens (tertiary/aromatic N) is 3. The molecule has 3 aromatic rings. The maximum Gasteiger partial charge on any atom is 0.229 e. The average molecular weight is 368 g/mol. The van der Waals surface area contributed by atoms with Gasteiger partial charge in [-0.25, -0.2) is 0 Å². The van der Waals surface area contributed by atoms with Crippen LogP contribution in [0.5, 0.6) is 0 Å². The Balaban J connectivity index is 1.62. The first kappa shape index (κ1) is 18.1. The molecule has 1 amide bonds. The van der Waals surface area contributed by atoms with E-state index in [1.165, 1.54) is 11.8 Å². The number of benzene rings is 1. The Morgan fingerprint density at radius 2 is 1.81 bits per heavy atom. The van der Waals surface area contributed by atoms with Crippen molar-refractivity contribution < 1.29 is 9.59 Å². The van der Waals surface area contributed by atoms with E-state index in [0.717, 1.165) is 5.65 Å². The molecule has 1 aromatic carbocycles. The van der Waals surface area contributed by atoms with E-state index >= 15 is 0 Å². The molecule has 3 rings (SSSR count). The molecule has 1 N–H and O–H groups in total. The van der Waals surface area contributed by atoms with Gasteiger partial charge in [0, 0.05) is 22.9 Å². The summed E-state index contributed by atoms with van der Waals surface area (Å²) in [5.41, 5.74) is 1.56. The standard InChI is InChI=1S/C19H20N4O2S/c1-19(2,3)17(25)20-14-9-7-13(8-10-14)15(24)12-26-18-22-21-16-6-4-5-11-23(16)18/h4-11H,12H2,1-3H3,(H,20,25). The van der Waals surface area contributed by atoms with Crippen molar-refractivity contribution >= 4 is 34.8 Å². The van der Waals surface area contributed by atoms with Gasteiger partial charge in [-0.15, -0.1) is 10.2 Å². The van der Waals surface area contributed by atoms with Crippen LogP contribution in [-0.2, 0) is 4.79 Å². The number of fused-ring (bicyclic) bond motifs is 1. The molecule has 6 nitrogen and oxygen atoms in total. The minimum atomic E-state index is -0.466. The molecule has 0 aliphatic carbocycles. The van der Waals surface area contributed by atoms with Crippen molar-refractivity contribution in [3.8, 4) is 0 Å². The molecule has 7 heteroatoms. The van der Waals surface area contributed by atoms with Crippen LogP contribution in [0.15, 0.2) is 53.8 Å². The first-order valence-corrected chi connectivity index (χ1v) is 9.20. The highest BCUT2D eigenvalue weighted by Gasteiger charge is 2.21. The average Bonchev–Trinajstić information content (AvgIpc) is 3.02. The van der Waals surface area contributed by atoms with Crippen LogP contribution in [0.4, 0.5) is 5.69 Å². The van der Waals surface area contributed by atoms with Crippen molar-refractivity contribution in [3.05, 3.63) is 54.2 Å². The van der Waals surface area contributed by atoms with Crippen molar-refractivity contribution in [3.63, 3.8) is 0 Å². The molecule has 0 unspecified atom stereocenters. The number of hydrogen-bond donors (Lipinski definition) is 1. The zero-order valence-electron chi connectivity index (χ0n) is 14.9. The lowest BCUT2D eigenvalue weighted by Crippen LogP contribution is -2.27. The maximum atomic E-state index is 12.4. The lowest BCUT2D eigenvalue weighted by molar-refractivity contribution is -0.123. The number of rotatable bonds is 5. The Hall–Kier alpha value is -2.67. The van der Waals surface area contributed by atoms with Gasteiger partial charge in [0.25, 0.3) is 0 Å². The SMILES string of the molecule is CC(C)(C)C(=O)Nc1ccc(C(=O)CSc2nnc3ccccn23)cc1. The zero-order chi connectivity index (χ0) is 18.7. The highest BCUT2D eigenvalue weighted by Crippen LogP contribution is 2.20. The Morgan fingerprint density at radius 3 is 2.50 bits per heavy atom. The molecule has 0 aliphatic rings. The number of anilines is 1. The van der Waals surface area contributed by atoms with Crippen LogP contribution < -0.4 is 5.32 Å². The number of Topliss-reactive ketones (excluding diaryl/α,β-unsaturated/α-hetero) is 1. The second kappa shape index (κ2) is 7.29. The zero-order valence-corrected chi connectivity index (χ0v) is 15.7. The van der Waals surface area contributed by atoms with Crippen molar-refractivity contribution in [1.82, 2.24) is 14.6 Å². The molecule has 0 radical (unpaired) electrons. The third-order valence-electron chi connectivity index (χ3n) is 3.76. The van der Waals surface area contributed by atoms with E-state index in [0.29, 0.717) is 16.4 Å². The molecular formula is C19H20N4O2S. The topological polar surface area (TPSA) is 76.4 Å². The molecule has 0 saturated carbocycles. The van der Waals surface area contributed by atoms with Crippen LogP contribution in [0.25, 0.3) is 5.65 Å². The quantitative estimate of drug-likeness (QED) is 0.549. The van der Waals surface area contributed by atoms with Crippen molar-refractivity contribution in [2.24, 2.45) is 5.41 Å². The fraction of sp³-hybridized carbons (Fsp3) is 0.263. The molecule has 2 heterocycles. The molecule has 0 atom stereocenters. The summed E-state index contributed by atoms with van der Waals surface area (Å²) in [6.45, 7) is 5.56. The summed E-state index contributed by atoms with van der Waals surface area (Å²) in [4.78, 5) is 24.4. The summed E-state index contributed by atoms with van der Waals surface area (Å²) in [6.07, 6.45) is 1.87. The van der Waals surface area contributed by atoms with Gasteiger partial charge in [0.15, 0.2) is 16.6 Å². The largest absolute Gasteiger partial charge is 0.326 e. The maximum absolute atomic E-state index is 12.4. The van der Waals surface area contributed by atoms with E-state index in [2.05, 4.69) is 15.5 Å². The van der Waals surface area contributed by atoms with Gasteiger partial charge >= 0.3 is 0 Å². The van der Waals surface area contributed by atoms with Crippen molar-refractivity contribution in [2.75, 3.05) is 11.1 Å². The summed E-state index contributed by atoms with van der Waals surface area (Å²) in [6, 6.07) is 12.6. The van der Waals surface area contributed by atoms with Gasteiger partial charge in [-0.3, -0.25) is 14.0 Å². The van der Waals surface area contributed by atoms with Crippen molar-refractivity contribution in [2.45, 2.75) is 25.9 Å². The third kappa shape index (κ3) is 4.11. The van der Waals surface area contributed by atoms with Gasteiger partial charge in [0.2, 0.25) is 5.91 Å². The molecule has 0 spiro atoms. The number of nitrogens with one attached hydrogen (secondary N) is 1. The number of pyridine rings is 1. The number of aromatic nitrogens is 3. The van der Waals surface area contributed by atoms with Crippen LogP contribution in [-0.4, -0.2) is 32.0 Å². The minimum Gasteiger partial charge on any atom is -0.326 e. The summed E-state index contributed by atoms with van der Waals surface area (Å²) < 4.78 is 1.85. The smallest absolute Gasteiger partial charge is 0.229 e. The van der Waals surface area contributed by atoms with Gasteiger partial charge < -0.3 is 5.32 Å². The van der Waals surface area contributed by atoms with Gasteiger partial charge in [0.05, 0.1) is 5.75 Å². The first-order valence-electron chi connectivity index (χ1n) is 8.22. The van der Waals surface area contributed by atoms with Crippen LogP contribution in [0.3, 0.4) is 0 Å². The van der Waals surface area contributed by atoms with E-state index in [1.54, 1.807) is 24.3 Å². The molecule has 26 heavy (non-hydrogen) atoms. The second-order valence-corrected chi connectivity index (χ2v) is 7.85. The van der Waals surface area contributed by atoms with E-state index in [9.17, 15) is 9.59 Å². The minimum absolute atomic E-state index is 0.00335. The summed E-state index contributed by atoms with van der Waals surface area (Å²) in [5, 5.41) is 11.7. The highest BCUT2D eigenvalue weighted by molar-refractivity contribution is 7.99. The number of carbonyl (C=O) groups is 2. The third-order valence-corrected chi connectivity index (χ3v) is 4.70. The van der Waals surface area contributed by atoms with Gasteiger partial charge in [0.1, 0.15) is 0 Å². The van der Waals surface area contributed by atoms with Crippen LogP contribution in [0.1, 0.15) is 31.1 Å². The summed E-state index contributed by atoms with van der Waals surface area (Å²) >= 11 is 1.35. The predicted octanol–water partition coefficient (Wildman–Crippen LogP) is 3.69. The molecule has 0 saturated heterocycles. The van der Waals surface area contributed by atoms with Crippen LogP contribution in [0, 0.1) is 5.41 Å². The predicted molar refractivity (Wildman–Crippen MR) is 103 cm³/mol. The van der Waals surface area contributed by atoms with E-state index in [4.69, 9.17) is 0 Å². The molecule has 0 bridgehead atoms. The first-order chi connectivity index (χ1) is 12.3. The fourth-order valence-corrected chi connectivity index (χ4v) is 3.01. The monoisotopic (exact) mass is 368 g/mol. The lowest BCUT2D eigenvalue weighted by atomic mass is 9.95. The molecule has 0 aliphatic heterocycles. The van der Waals surface area contributed by atoms with Gasteiger partial charge in [-0.2, -0.15) is 0 Å². The van der Waals surface area contributed by atoms with E-state index < -0.39 is 5.41 Å². The number of thioether (sulfide) groups is 1. The summed E-state index contributed by atoms with van der Waals surface area (Å²) in [5.74, 6) is 0.200. The molecular weight excluding hydrogens is 348 g/mol. The van der Waals surface area contributed by atoms with E-state index in [1.807, 2.05) is 49.6 Å². The highest BCUT2D eigenvalue weighted by atomic mass is 32.2. The Bertz CT molecular complexity index is 942. The number of ketones is 1. The number of hydrogen-bond acceptors (Lipinski definition) is 5. The lowest BCUT2D eigenvalue weighted by Gasteiger charge is -2.17. The van der Waals surface area contributed by atoms with Gasteiger partial charge in [-0.1, -0.05) is 38.6 Å². The molecule has 134 valence electrons. The van der Waals surface area contributed by atoms with E-state index in [-0.39, 0.29) is 17.4 Å². The van der Waals surface area contributed by atoms with Crippen molar-refractivity contribution in [1.29, 1.82) is 0 Å². The van der Waals surface area contributed by atoms with Crippen LogP contribution >= 0.6 is 11.8 Å². The fourth-order valence-electron chi connectivity index (χ4n) is 2.19. The number of carbonyl (C=O) groups excluding carboxylic acids is 2. The van der Waals surface area contributed by atoms with Crippen LogP contribution in [0.2, 0.25) is 0 Å². The summed E-state index contributed by atoms with van der Waals surface area (Å²) in [7, 11) is 0. The second-order valence-electron chi connectivity index (χ2n) is 6.90.